The number of ketones is 1. The van der Waals surface area contributed by atoms with Crippen molar-refractivity contribution in [3.05, 3.63) is 48.0 Å². The van der Waals surface area contributed by atoms with Gasteiger partial charge in [-0.2, -0.15) is 0 Å². The lowest BCUT2D eigenvalue weighted by Gasteiger charge is -2.06. The summed E-state index contributed by atoms with van der Waals surface area (Å²) in [5, 5.41) is 9.78. The maximum atomic E-state index is 11.1. The number of hydrogen-bond acceptors (Lipinski definition) is 3. The number of carbonyl (C=O) groups is 1. The van der Waals surface area contributed by atoms with Gasteiger partial charge in [0.2, 0.25) is 0 Å². The fourth-order valence-corrected chi connectivity index (χ4v) is 1.68. The van der Waals surface area contributed by atoms with Crippen LogP contribution in [-0.4, -0.2) is 10.9 Å². The van der Waals surface area contributed by atoms with Crippen LogP contribution in [0.15, 0.2) is 42.5 Å². The van der Waals surface area contributed by atoms with Gasteiger partial charge in [-0.15, -0.1) is 0 Å². The standard InChI is InChI=1S/C14H13NO2/c1-9(16)10-2-4-11(5-3-10)13-7-6-12(15)8-14(13)17/h2-8,17H,15H2,1H3. The molecule has 0 saturated heterocycles. The summed E-state index contributed by atoms with van der Waals surface area (Å²) in [4.78, 5) is 11.1. The van der Waals surface area contributed by atoms with Gasteiger partial charge in [0.25, 0.3) is 0 Å². The van der Waals surface area contributed by atoms with Crippen molar-refractivity contribution in [3.8, 4) is 16.9 Å². The van der Waals surface area contributed by atoms with Gasteiger partial charge in [0, 0.05) is 22.9 Å². The molecule has 0 bridgehead atoms. The lowest BCUT2D eigenvalue weighted by Crippen LogP contribution is -1.91. The summed E-state index contributed by atoms with van der Waals surface area (Å²) in [6.07, 6.45) is 0. The number of hydrogen-bond donors (Lipinski definition) is 2. The van der Waals surface area contributed by atoms with Gasteiger partial charge >= 0.3 is 0 Å². The summed E-state index contributed by atoms with van der Waals surface area (Å²) in [5.41, 5.74) is 8.30. The van der Waals surface area contributed by atoms with Crippen LogP contribution in [0, 0.1) is 0 Å². The Bertz CT molecular complexity index is 559. The second kappa shape index (κ2) is 4.29. The average Bonchev–Trinajstić information content (AvgIpc) is 2.29. The monoisotopic (exact) mass is 227 g/mol. The van der Waals surface area contributed by atoms with E-state index in [9.17, 15) is 9.90 Å². The first-order valence-corrected chi connectivity index (χ1v) is 5.28. The Morgan fingerprint density at radius 2 is 1.76 bits per heavy atom. The molecular weight excluding hydrogens is 214 g/mol. The molecule has 86 valence electrons. The zero-order valence-corrected chi connectivity index (χ0v) is 9.47. The van der Waals surface area contributed by atoms with Gasteiger partial charge in [0.05, 0.1) is 0 Å². The van der Waals surface area contributed by atoms with Crippen LogP contribution in [0.4, 0.5) is 5.69 Å². The molecule has 0 aliphatic rings. The third kappa shape index (κ3) is 2.28. The van der Waals surface area contributed by atoms with E-state index >= 15 is 0 Å². The third-order valence-corrected chi connectivity index (χ3v) is 2.62. The highest BCUT2D eigenvalue weighted by Gasteiger charge is 2.05. The topological polar surface area (TPSA) is 63.3 Å². The maximum Gasteiger partial charge on any atom is 0.159 e. The van der Waals surface area contributed by atoms with E-state index in [1.807, 2.05) is 12.1 Å². The Labute approximate surface area is 99.5 Å². The van der Waals surface area contributed by atoms with E-state index in [0.29, 0.717) is 16.8 Å². The van der Waals surface area contributed by atoms with Crippen molar-refractivity contribution < 1.29 is 9.90 Å². The molecule has 17 heavy (non-hydrogen) atoms. The largest absolute Gasteiger partial charge is 0.507 e. The third-order valence-electron chi connectivity index (χ3n) is 2.62. The minimum Gasteiger partial charge on any atom is -0.507 e. The quantitative estimate of drug-likeness (QED) is 0.612. The minimum absolute atomic E-state index is 0.0260. The number of rotatable bonds is 2. The molecule has 3 N–H and O–H groups in total. The molecule has 0 spiro atoms. The number of Topliss-reactive ketones (excluding diaryl/α,β-unsaturated/α-hetero) is 1. The molecule has 0 fully saturated rings. The van der Waals surface area contributed by atoms with E-state index < -0.39 is 0 Å². The molecular formula is C14H13NO2. The van der Waals surface area contributed by atoms with Gasteiger partial charge < -0.3 is 10.8 Å². The lowest BCUT2D eigenvalue weighted by molar-refractivity contribution is 0.101. The number of anilines is 1. The highest BCUT2D eigenvalue weighted by molar-refractivity contribution is 5.94. The highest BCUT2D eigenvalue weighted by Crippen LogP contribution is 2.30. The van der Waals surface area contributed by atoms with Gasteiger partial charge in [-0.25, -0.2) is 0 Å². The molecule has 0 radical (unpaired) electrons. The molecule has 0 aliphatic carbocycles. The summed E-state index contributed by atoms with van der Waals surface area (Å²) in [6, 6.07) is 12.1. The summed E-state index contributed by atoms with van der Waals surface area (Å²) in [5.74, 6) is 0.165. The molecule has 2 aromatic carbocycles. The van der Waals surface area contributed by atoms with E-state index in [-0.39, 0.29) is 11.5 Å². The van der Waals surface area contributed by atoms with Crippen molar-refractivity contribution in [2.24, 2.45) is 0 Å². The number of benzene rings is 2. The van der Waals surface area contributed by atoms with Gasteiger partial charge in [-0.05, 0) is 24.6 Å². The molecule has 0 amide bonds. The van der Waals surface area contributed by atoms with Crippen molar-refractivity contribution in [1.29, 1.82) is 0 Å². The highest BCUT2D eigenvalue weighted by atomic mass is 16.3. The molecule has 0 aliphatic heterocycles. The number of aromatic hydroxyl groups is 1. The molecule has 2 aromatic rings. The molecule has 0 unspecified atom stereocenters. The fraction of sp³-hybridized carbons (Fsp3) is 0.0714. The van der Waals surface area contributed by atoms with Crippen LogP contribution >= 0.6 is 0 Å². The van der Waals surface area contributed by atoms with Crippen molar-refractivity contribution in [2.75, 3.05) is 5.73 Å². The zero-order chi connectivity index (χ0) is 12.4. The summed E-state index contributed by atoms with van der Waals surface area (Å²) in [7, 11) is 0. The van der Waals surface area contributed by atoms with Crippen molar-refractivity contribution in [1.82, 2.24) is 0 Å². The van der Waals surface area contributed by atoms with E-state index in [1.54, 1.807) is 24.3 Å². The smallest absolute Gasteiger partial charge is 0.159 e. The second-order valence-corrected chi connectivity index (χ2v) is 3.91. The Balaban J connectivity index is 2.43. The van der Waals surface area contributed by atoms with Crippen LogP contribution in [-0.2, 0) is 0 Å². The van der Waals surface area contributed by atoms with E-state index in [1.165, 1.54) is 13.0 Å². The number of phenolic OH excluding ortho intramolecular Hbond substituents is 1. The SMILES string of the molecule is CC(=O)c1ccc(-c2ccc(N)cc2O)cc1. The van der Waals surface area contributed by atoms with Crippen LogP contribution < -0.4 is 5.73 Å². The Morgan fingerprint density at radius 1 is 1.12 bits per heavy atom. The predicted molar refractivity (Wildman–Crippen MR) is 68.0 cm³/mol. The number of nitrogen functional groups attached to an aromatic ring is 1. The van der Waals surface area contributed by atoms with Gasteiger partial charge in [0.15, 0.2) is 5.78 Å². The Morgan fingerprint density at radius 3 is 2.29 bits per heavy atom. The molecule has 2 rings (SSSR count). The predicted octanol–water partition coefficient (Wildman–Crippen LogP) is 2.84. The normalized spacial score (nSPS) is 10.2. The van der Waals surface area contributed by atoms with Gasteiger partial charge in [0.1, 0.15) is 5.75 Å². The molecule has 0 saturated carbocycles. The fourth-order valence-electron chi connectivity index (χ4n) is 1.68. The van der Waals surface area contributed by atoms with Gasteiger partial charge in [-0.1, -0.05) is 24.3 Å². The van der Waals surface area contributed by atoms with Crippen LogP contribution in [0.3, 0.4) is 0 Å². The Hall–Kier alpha value is -2.29. The average molecular weight is 227 g/mol. The molecule has 0 heterocycles. The van der Waals surface area contributed by atoms with Crippen LogP contribution in [0.1, 0.15) is 17.3 Å². The molecule has 3 heteroatoms. The summed E-state index contributed by atoms with van der Waals surface area (Å²) < 4.78 is 0. The van der Waals surface area contributed by atoms with E-state index in [0.717, 1.165) is 5.56 Å². The second-order valence-electron chi connectivity index (χ2n) is 3.91. The Kier molecular flexibility index (Phi) is 2.83. The zero-order valence-electron chi connectivity index (χ0n) is 9.47. The first-order chi connectivity index (χ1) is 8.08. The van der Waals surface area contributed by atoms with E-state index in [4.69, 9.17) is 5.73 Å². The van der Waals surface area contributed by atoms with E-state index in [2.05, 4.69) is 0 Å². The van der Waals surface area contributed by atoms with Crippen LogP contribution in [0.5, 0.6) is 5.75 Å². The maximum absolute atomic E-state index is 11.1. The first kappa shape index (κ1) is 11.2. The summed E-state index contributed by atoms with van der Waals surface area (Å²) >= 11 is 0. The number of phenols is 1. The van der Waals surface area contributed by atoms with Crippen molar-refractivity contribution in [2.45, 2.75) is 6.92 Å². The van der Waals surface area contributed by atoms with Crippen molar-refractivity contribution >= 4 is 11.5 Å². The first-order valence-electron chi connectivity index (χ1n) is 5.28. The molecule has 0 aromatic heterocycles. The minimum atomic E-state index is 0.0260. The number of nitrogens with two attached hydrogens (primary N) is 1. The van der Waals surface area contributed by atoms with Crippen molar-refractivity contribution in [3.63, 3.8) is 0 Å². The molecule has 0 atom stereocenters. The van der Waals surface area contributed by atoms with Crippen LogP contribution in [0.2, 0.25) is 0 Å². The molecule has 3 nitrogen and oxygen atoms in total. The lowest BCUT2D eigenvalue weighted by atomic mass is 10.0. The van der Waals surface area contributed by atoms with Crippen LogP contribution in [0.25, 0.3) is 11.1 Å². The van der Waals surface area contributed by atoms with Gasteiger partial charge in [-0.3, -0.25) is 4.79 Å². The number of carbonyl (C=O) groups excluding carboxylic acids is 1. The summed E-state index contributed by atoms with van der Waals surface area (Å²) in [6.45, 7) is 1.52.